The molecule has 0 aromatic carbocycles. The van der Waals surface area contributed by atoms with Gasteiger partial charge in [-0.15, -0.1) is 24.8 Å². The number of aliphatic hydroxyl groups is 1. The van der Waals surface area contributed by atoms with Crippen molar-refractivity contribution in [3.8, 4) is 0 Å². The van der Waals surface area contributed by atoms with Crippen LogP contribution in [0.1, 0.15) is 31.9 Å². The average molecular weight is 324 g/mol. The minimum Gasteiger partial charge on any atom is -0.386 e. The lowest BCUT2D eigenvalue weighted by Crippen LogP contribution is -2.45. The van der Waals surface area contributed by atoms with Crippen LogP contribution >= 0.6 is 24.8 Å². The number of pyridine rings is 1. The topological polar surface area (TPSA) is 79.5 Å². The van der Waals surface area contributed by atoms with Gasteiger partial charge < -0.3 is 15.7 Å². The van der Waals surface area contributed by atoms with E-state index in [4.69, 9.17) is 5.73 Å². The van der Waals surface area contributed by atoms with Gasteiger partial charge in [0.05, 0.1) is 0 Å². The zero-order chi connectivity index (χ0) is 12.3. The molecule has 7 heteroatoms. The molecule has 0 bridgehead atoms. The van der Waals surface area contributed by atoms with Gasteiger partial charge in [0.15, 0.2) is 0 Å². The quantitative estimate of drug-likeness (QED) is 0.884. The molecule has 1 fully saturated rings. The second-order valence-electron chi connectivity index (χ2n) is 4.28. The molecule has 1 aromatic heterocycles. The largest absolute Gasteiger partial charge is 0.386 e. The second kappa shape index (κ2) is 9.94. The number of carbonyl (C=O) groups is 1. The van der Waals surface area contributed by atoms with Crippen LogP contribution in [0.15, 0.2) is 24.5 Å². The first-order valence-corrected chi connectivity index (χ1v) is 5.82. The summed E-state index contributed by atoms with van der Waals surface area (Å²) in [6.45, 7) is 1.49. The smallest absolute Gasteiger partial charge is 0.242 e. The molecule has 2 heterocycles. The van der Waals surface area contributed by atoms with E-state index >= 15 is 0 Å². The molecule has 0 radical (unpaired) electrons. The summed E-state index contributed by atoms with van der Waals surface area (Å²) in [5.41, 5.74) is 6.44. The number of halogens is 2. The van der Waals surface area contributed by atoms with E-state index in [-0.39, 0.29) is 38.1 Å². The number of hydrogen-bond acceptors (Lipinski definition) is 4. The lowest BCUT2D eigenvalue weighted by molar-refractivity contribution is -0.134. The molecule has 0 unspecified atom stereocenters. The predicted octanol–water partition coefficient (Wildman–Crippen LogP) is 1.54. The van der Waals surface area contributed by atoms with Gasteiger partial charge >= 0.3 is 0 Å². The van der Waals surface area contributed by atoms with Crippen molar-refractivity contribution in [3.63, 3.8) is 0 Å². The van der Waals surface area contributed by atoms with Gasteiger partial charge in [0.1, 0.15) is 12.1 Å². The summed E-state index contributed by atoms with van der Waals surface area (Å²) in [6.07, 6.45) is 4.22. The standard InChI is InChI=1S/C12H17N3O2.CH4.2ClH/c13-10(12(17)15-7-1-2-8-15)11(16)9-3-5-14-6-4-9;;;/h3-6,10-11,16H,1-2,7-8,13H2;1H4;2*1H/t10-,11+;;;/m1.../s1. The maximum Gasteiger partial charge on any atom is 0.242 e. The Kier molecular flexibility index (Phi) is 10.6. The first-order chi connectivity index (χ1) is 8.20. The zero-order valence-corrected chi connectivity index (χ0v) is 12.1. The minimum atomic E-state index is -0.967. The molecule has 1 amide bonds. The highest BCUT2D eigenvalue weighted by atomic mass is 35.5. The van der Waals surface area contributed by atoms with Crippen molar-refractivity contribution < 1.29 is 9.90 Å². The first-order valence-electron chi connectivity index (χ1n) is 5.82. The summed E-state index contributed by atoms with van der Waals surface area (Å²) in [5.74, 6) is -0.174. The number of hydrogen-bond donors (Lipinski definition) is 2. The van der Waals surface area contributed by atoms with Crippen LogP contribution in [0.4, 0.5) is 0 Å². The lowest BCUT2D eigenvalue weighted by Gasteiger charge is -2.23. The van der Waals surface area contributed by atoms with E-state index in [0.717, 1.165) is 25.9 Å². The zero-order valence-electron chi connectivity index (χ0n) is 10.4. The molecule has 0 aliphatic carbocycles. The number of likely N-dealkylation sites (tertiary alicyclic amines) is 1. The van der Waals surface area contributed by atoms with E-state index in [9.17, 15) is 9.90 Å². The summed E-state index contributed by atoms with van der Waals surface area (Å²) in [6, 6.07) is 2.44. The molecule has 3 N–H and O–H groups in total. The van der Waals surface area contributed by atoms with Crippen molar-refractivity contribution in [1.82, 2.24) is 9.88 Å². The Bertz CT molecular complexity index is 386. The third-order valence-corrected chi connectivity index (χ3v) is 3.09. The van der Waals surface area contributed by atoms with Gasteiger partial charge in [0.25, 0.3) is 0 Å². The molecule has 1 aromatic rings. The molecule has 2 atom stereocenters. The van der Waals surface area contributed by atoms with Gasteiger partial charge in [0, 0.05) is 25.5 Å². The van der Waals surface area contributed by atoms with Gasteiger partial charge in [0.2, 0.25) is 5.91 Å². The van der Waals surface area contributed by atoms with E-state index in [1.54, 1.807) is 29.4 Å². The Morgan fingerprint density at radius 1 is 1.25 bits per heavy atom. The van der Waals surface area contributed by atoms with E-state index < -0.39 is 12.1 Å². The van der Waals surface area contributed by atoms with Crippen molar-refractivity contribution in [1.29, 1.82) is 0 Å². The number of nitrogens with two attached hydrogens (primary N) is 1. The molecule has 2 rings (SSSR count). The maximum atomic E-state index is 12.0. The van der Waals surface area contributed by atoms with Crippen molar-refractivity contribution >= 4 is 30.7 Å². The third-order valence-electron chi connectivity index (χ3n) is 3.09. The molecule has 1 aliphatic rings. The summed E-state index contributed by atoms with van der Waals surface area (Å²) in [7, 11) is 0. The Balaban J connectivity index is 0. The van der Waals surface area contributed by atoms with E-state index in [1.807, 2.05) is 0 Å². The predicted molar refractivity (Wildman–Crippen MR) is 84.2 cm³/mol. The Morgan fingerprint density at radius 2 is 1.75 bits per heavy atom. The van der Waals surface area contributed by atoms with Gasteiger partial charge in [-0.1, -0.05) is 7.43 Å². The van der Waals surface area contributed by atoms with Gasteiger partial charge in [-0.05, 0) is 30.5 Å². The van der Waals surface area contributed by atoms with Gasteiger partial charge in [-0.2, -0.15) is 0 Å². The van der Waals surface area contributed by atoms with Crippen LogP contribution in [0.25, 0.3) is 0 Å². The molecular weight excluding hydrogens is 301 g/mol. The van der Waals surface area contributed by atoms with Crippen LogP contribution in [-0.4, -0.2) is 40.0 Å². The first kappa shape index (κ1) is 21.4. The molecule has 1 aliphatic heterocycles. The van der Waals surface area contributed by atoms with Gasteiger partial charge in [-0.3, -0.25) is 9.78 Å². The van der Waals surface area contributed by atoms with E-state index in [2.05, 4.69) is 4.98 Å². The molecular formula is C13H23Cl2N3O2. The number of amides is 1. The second-order valence-corrected chi connectivity index (χ2v) is 4.28. The van der Waals surface area contributed by atoms with Gasteiger partial charge in [-0.25, -0.2) is 0 Å². The summed E-state index contributed by atoms with van der Waals surface area (Å²) < 4.78 is 0. The lowest BCUT2D eigenvalue weighted by atomic mass is 10.0. The Labute approximate surface area is 132 Å². The van der Waals surface area contributed by atoms with Crippen LogP contribution in [0, 0.1) is 0 Å². The fourth-order valence-electron chi connectivity index (χ4n) is 2.05. The summed E-state index contributed by atoms with van der Waals surface area (Å²) in [5, 5.41) is 10.0. The third kappa shape index (κ3) is 4.90. The normalized spacial score (nSPS) is 16.2. The van der Waals surface area contributed by atoms with Crippen LogP contribution < -0.4 is 5.73 Å². The fourth-order valence-corrected chi connectivity index (χ4v) is 2.05. The molecule has 1 saturated heterocycles. The Hall–Kier alpha value is -0.880. The molecule has 20 heavy (non-hydrogen) atoms. The van der Waals surface area contributed by atoms with Crippen molar-refractivity contribution in [2.24, 2.45) is 5.73 Å². The SMILES string of the molecule is C.Cl.Cl.N[C@@H](C(=O)N1CCCC1)[C@@H](O)c1ccncc1. The number of aliphatic hydroxyl groups excluding tert-OH is 1. The highest BCUT2D eigenvalue weighted by Gasteiger charge is 2.29. The molecule has 0 spiro atoms. The molecule has 116 valence electrons. The number of carbonyl (C=O) groups excluding carboxylic acids is 1. The monoisotopic (exact) mass is 323 g/mol. The minimum absolute atomic E-state index is 0. The number of nitrogens with zero attached hydrogens (tertiary/aromatic N) is 2. The highest BCUT2D eigenvalue weighted by Crippen LogP contribution is 2.18. The van der Waals surface area contributed by atoms with Crippen molar-refractivity contribution in [3.05, 3.63) is 30.1 Å². The van der Waals surface area contributed by atoms with E-state index in [1.165, 1.54) is 0 Å². The molecule has 5 nitrogen and oxygen atoms in total. The summed E-state index contributed by atoms with van der Waals surface area (Å²) in [4.78, 5) is 17.6. The summed E-state index contributed by atoms with van der Waals surface area (Å²) >= 11 is 0. The average Bonchev–Trinajstić information content (AvgIpc) is 2.91. The maximum absolute atomic E-state index is 12.0. The highest BCUT2D eigenvalue weighted by molar-refractivity contribution is 5.85. The number of rotatable bonds is 3. The van der Waals surface area contributed by atoms with E-state index in [0.29, 0.717) is 5.56 Å². The van der Waals surface area contributed by atoms with Crippen LogP contribution in [-0.2, 0) is 4.79 Å². The van der Waals surface area contributed by atoms with Crippen molar-refractivity contribution in [2.75, 3.05) is 13.1 Å². The van der Waals surface area contributed by atoms with Crippen molar-refractivity contribution in [2.45, 2.75) is 32.4 Å². The number of aromatic nitrogens is 1. The Morgan fingerprint density at radius 3 is 2.25 bits per heavy atom. The molecule has 0 saturated carbocycles. The fraction of sp³-hybridized carbons (Fsp3) is 0.538. The van der Waals surface area contributed by atoms with Crippen LogP contribution in [0.5, 0.6) is 0 Å². The van der Waals surface area contributed by atoms with Crippen LogP contribution in [0.3, 0.4) is 0 Å². The van der Waals surface area contributed by atoms with Crippen LogP contribution in [0.2, 0.25) is 0 Å².